The molecule has 0 aromatic heterocycles. The molecule has 5 rings (SSSR count). The first-order valence-corrected chi connectivity index (χ1v) is 16.1. The van der Waals surface area contributed by atoms with Gasteiger partial charge in [0.25, 0.3) is 0 Å². The second kappa shape index (κ2) is 18.7. The molecule has 0 spiro atoms. The molecule has 0 bridgehead atoms. The van der Waals surface area contributed by atoms with Crippen LogP contribution in [0.5, 0.6) is 34.5 Å². The first-order chi connectivity index (χ1) is 22.8. The van der Waals surface area contributed by atoms with Gasteiger partial charge in [0.15, 0.2) is 23.0 Å². The Hall–Kier alpha value is -3.41. The van der Waals surface area contributed by atoms with Gasteiger partial charge in [-0.05, 0) is 65.9 Å². The summed E-state index contributed by atoms with van der Waals surface area (Å²) in [7, 11) is 9.88. The fourth-order valence-corrected chi connectivity index (χ4v) is 7.01. The van der Waals surface area contributed by atoms with Crippen molar-refractivity contribution in [2.45, 2.75) is 31.0 Å². The average molecular weight is 756 g/mol. The lowest BCUT2D eigenvalue weighted by Gasteiger charge is -2.49. The maximum Gasteiger partial charge on any atom is 0.203 e. The molecule has 278 valence electrons. The zero-order valence-electron chi connectivity index (χ0n) is 30.2. The second-order valence-electron chi connectivity index (χ2n) is 12.5. The molecule has 0 radical (unpaired) electrons. The van der Waals surface area contributed by atoms with Crippen LogP contribution in [0.4, 0.5) is 0 Å². The molecule has 2 unspecified atom stereocenters. The zero-order chi connectivity index (χ0) is 33.6. The quantitative estimate of drug-likeness (QED) is 0.251. The molecular weight excluding hydrogens is 703 g/mol. The van der Waals surface area contributed by atoms with E-state index in [1.165, 1.54) is 0 Å². The van der Waals surface area contributed by atoms with E-state index in [1.807, 2.05) is 48.8 Å². The van der Waals surface area contributed by atoms with Gasteiger partial charge in [0.2, 0.25) is 11.5 Å². The van der Waals surface area contributed by atoms with Gasteiger partial charge in [-0.2, -0.15) is 0 Å². The van der Waals surface area contributed by atoms with Crippen LogP contribution in [0, 0.1) is 5.92 Å². The number of rotatable bonds is 13. The minimum absolute atomic E-state index is 0. The molecule has 2 N–H and O–H groups in total. The summed E-state index contributed by atoms with van der Waals surface area (Å²) in [6.45, 7) is 8.87. The van der Waals surface area contributed by atoms with Crippen LogP contribution in [-0.2, 0) is 11.1 Å². The largest absolute Gasteiger partial charge is 0.493 e. The van der Waals surface area contributed by atoms with E-state index in [4.69, 9.17) is 28.4 Å². The lowest BCUT2D eigenvalue weighted by atomic mass is 9.84. The number of allylic oxidation sites excluding steroid dienone is 4. The predicted molar refractivity (Wildman–Crippen MR) is 207 cm³/mol. The molecule has 3 atom stereocenters. The summed E-state index contributed by atoms with van der Waals surface area (Å²) >= 11 is 0. The van der Waals surface area contributed by atoms with Crippen LogP contribution in [0.15, 0.2) is 73.1 Å². The van der Waals surface area contributed by atoms with Gasteiger partial charge in [0.1, 0.15) is 0 Å². The Kier molecular flexibility index (Phi) is 16.0. The summed E-state index contributed by atoms with van der Waals surface area (Å²) in [4.78, 5) is 5.19. The normalized spacial score (nSPS) is 22.6. The fourth-order valence-electron chi connectivity index (χ4n) is 7.01. The zero-order valence-corrected chi connectivity index (χ0v) is 32.6. The molecule has 2 aromatic rings. The van der Waals surface area contributed by atoms with Crippen molar-refractivity contribution in [1.82, 2.24) is 20.4 Å². The molecule has 10 nitrogen and oxygen atoms in total. The Bertz CT molecular complexity index is 1490. The second-order valence-corrected chi connectivity index (χ2v) is 12.5. The number of benzene rings is 2. The van der Waals surface area contributed by atoms with Gasteiger partial charge in [-0.25, -0.2) is 0 Å². The van der Waals surface area contributed by atoms with Crippen molar-refractivity contribution in [3.05, 3.63) is 84.2 Å². The number of ether oxygens (including phenoxy) is 6. The SMILES string of the molecule is COc1cc(C2(CN3CCN(CC4(c5cc(OC)c(OC)c(OC)c5)C=CC=CN4)[C@@H](C(C)C)C3)C=CC=CN2)cc(OC)c1OC.Cl.Cl.Cl. The van der Waals surface area contributed by atoms with E-state index in [0.717, 1.165) is 43.9 Å². The highest BCUT2D eigenvalue weighted by Crippen LogP contribution is 2.44. The molecule has 2 aromatic carbocycles. The molecule has 3 heterocycles. The number of hydrogen-bond donors (Lipinski definition) is 2. The first kappa shape index (κ1) is 42.8. The van der Waals surface area contributed by atoms with Crippen molar-refractivity contribution in [1.29, 1.82) is 0 Å². The van der Waals surface area contributed by atoms with Crippen LogP contribution in [0.2, 0.25) is 0 Å². The number of methoxy groups -OCH3 is 6. The van der Waals surface area contributed by atoms with Crippen LogP contribution in [-0.4, -0.2) is 91.2 Å². The standard InChI is InChI=1S/C37H50N4O6.3ClH/c1-26(2)29-23-40(24-36(13-9-11-15-38-36)27-19-30(42-3)34(46-7)31(20-27)43-4)17-18-41(29)25-37(14-10-12-16-39-37)28-21-32(44-5)35(47-8)33(22-28)45-6;;;/h9-16,19-22,26,29,38-39H,17-18,23-25H2,1-8H3;3*1H/t29-,36?,37?;;;/m1.../s1. The molecule has 0 saturated carbocycles. The van der Waals surface area contributed by atoms with Gasteiger partial charge < -0.3 is 39.1 Å². The summed E-state index contributed by atoms with van der Waals surface area (Å²) in [5, 5.41) is 7.38. The van der Waals surface area contributed by atoms with Crippen LogP contribution >= 0.6 is 37.2 Å². The summed E-state index contributed by atoms with van der Waals surface area (Å²) in [6.07, 6.45) is 16.7. The van der Waals surface area contributed by atoms with Crippen molar-refractivity contribution < 1.29 is 28.4 Å². The molecule has 1 fully saturated rings. The third-order valence-corrected chi connectivity index (χ3v) is 9.53. The Morgan fingerprint density at radius 2 is 1.04 bits per heavy atom. The molecule has 50 heavy (non-hydrogen) atoms. The van der Waals surface area contributed by atoms with Crippen molar-refractivity contribution in [2.24, 2.45) is 5.92 Å². The summed E-state index contributed by atoms with van der Waals surface area (Å²) in [5.41, 5.74) is 1.11. The van der Waals surface area contributed by atoms with Crippen molar-refractivity contribution in [2.75, 3.05) is 75.4 Å². The van der Waals surface area contributed by atoms with E-state index >= 15 is 0 Å². The number of hydrogen-bond acceptors (Lipinski definition) is 10. The van der Waals surface area contributed by atoms with E-state index in [-0.39, 0.29) is 37.2 Å². The van der Waals surface area contributed by atoms with E-state index in [1.54, 1.807) is 42.7 Å². The molecule has 0 amide bonds. The third kappa shape index (κ3) is 8.54. The van der Waals surface area contributed by atoms with Gasteiger partial charge >= 0.3 is 0 Å². The van der Waals surface area contributed by atoms with Crippen LogP contribution < -0.4 is 39.1 Å². The fraction of sp³-hybridized carbons (Fsp3) is 0.459. The highest BCUT2D eigenvalue weighted by atomic mass is 35.5. The first-order valence-electron chi connectivity index (χ1n) is 16.1. The molecule has 3 aliphatic rings. The highest BCUT2D eigenvalue weighted by Gasteiger charge is 2.41. The summed E-state index contributed by atoms with van der Waals surface area (Å²) < 4.78 is 34.2. The Morgan fingerprint density at radius 3 is 1.38 bits per heavy atom. The molecule has 3 aliphatic heterocycles. The van der Waals surface area contributed by atoms with Gasteiger partial charge in [-0.3, -0.25) is 9.80 Å². The van der Waals surface area contributed by atoms with Crippen LogP contribution in [0.25, 0.3) is 0 Å². The van der Waals surface area contributed by atoms with Crippen LogP contribution in [0.3, 0.4) is 0 Å². The van der Waals surface area contributed by atoms with E-state index < -0.39 is 11.1 Å². The van der Waals surface area contributed by atoms with Gasteiger partial charge in [-0.1, -0.05) is 38.2 Å². The Balaban J connectivity index is 0.00000289. The van der Waals surface area contributed by atoms with Crippen LogP contribution in [0.1, 0.15) is 25.0 Å². The van der Waals surface area contributed by atoms with Crippen molar-refractivity contribution in [3.8, 4) is 34.5 Å². The van der Waals surface area contributed by atoms with E-state index in [2.05, 4.69) is 58.6 Å². The minimum Gasteiger partial charge on any atom is -0.493 e. The number of piperazine rings is 1. The average Bonchev–Trinajstić information content (AvgIpc) is 3.11. The smallest absolute Gasteiger partial charge is 0.203 e. The third-order valence-electron chi connectivity index (χ3n) is 9.53. The van der Waals surface area contributed by atoms with E-state index in [9.17, 15) is 0 Å². The molecule has 1 saturated heterocycles. The number of dihydropyridines is 2. The number of halogens is 3. The maximum atomic E-state index is 5.74. The molecular formula is C37H53Cl3N4O6. The Morgan fingerprint density at radius 1 is 0.620 bits per heavy atom. The monoisotopic (exact) mass is 754 g/mol. The summed E-state index contributed by atoms with van der Waals surface area (Å²) in [6, 6.07) is 8.50. The Labute approximate surface area is 316 Å². The lowest BCUT2D eigenvalue weighted by molar-refractivity contribution is 0.0269. The highest BCUT2D eigenvalue weighted by molar-refractivity contribution is 5.86. The minimum atomic E-state index is -0.493. The predicted octanol–water partition coefficient (Wildman–Crippen LogP) is 6.08. The molecule has 13 heteroatoms. The van der Waals surface area contributed by atoms with E-state index in [0.29, 0.717) is 46.5 Å². The number of nitrogens with zero attached hydrogens (tertiary/aromatic N) is 2. The maximum absolute atomic E-state index is 5.74. The van der Waals surface area contributed by atoms with Crippen molar-refractivity contribution >= 4 is 37.2 Å². The van der Waals surface area contributed by atoms with Gasteiger partial charge in [0, 0.05) is 38.8 Å². The van der Waals surface area contributed by atoms with Gasteiger partial charge in [0.05, 0.1) is 53.7 Å². The summed E-state index contributed by atoms with van der Waals surface area (Å²) in [5.74, 6) is 4.12. The topological polar surface area (TPSA) is 85.9 Å². The lowest BCUT2D eigenvalue weighted by Crippen LogP contribution is -2.62. The number of nitrogens with one attached hydrogen (secondary N) is 2. The van der Waals surface area contributed by atoms with Crippen molar-refractivity contribution in [3.63, 3.8) is 0 Å². The van der Waals surface area contributed by atoms with Gasteiger partial charge in [-0.15, -0.1) is 37.2 Å². The molecule has 0 aliphatic carbocycles.